The monoisotopic (exact) mass is 338 g/mol. The highest BCUT2D eigenvalue weighted by Crippen LogP contribution is 2.35. The maximum Gasteiger partial charge on any atom is 0.251 e. The molecule has 0 fully saturated rings. The molecular formula is C14H9BrF2N2O. The van der Waals surface area contributed by atoms with Gasteiger partial charge in [-0.15, -0.1) is 0 Å². The van der Waals surface area contributed by atoms with E-state index in [0.29, 0.717) is 21.4 Å². The molecule has 1 aliphatic rings. The molecule has 0 radical (unpaired) electrons. The van der Waals surface area contributed by atoms with Crippen molar-refractivity contribution in [2.75, 3.05) is 10.6 Å². The zero-order valence-electron chi connectivity index (χ0n) is 10.1. The van der Waals surface area contributed by atoms with Gasteiger partial charge in [-0.2, -0.15) is 0 Å². The van der Waals surface area contributed by atoms with Crippen LogP contribution in [0.25, 0.3) is 0 Å². The first-order valence-electron chi connectivity index (χ1n) is 5.86. The molecule has 6 heteroatoms. The van der Waals surface area contributed by atoms with E-state index in [-0.39, 0.29) is 11.7 Å². The Morgan fingerprint density at radius 2 is 1.80 bits per heavy atom. The van der Waals surface area contributed by atoms with Gasteiger partial charge >= 0.3 is 0 Å². The van der Waals surface area contributed by atoms with Crippen molar-refractivity contribution in [2.24, 2.45) is 0 Å². The van der Waals surface area contributed by atoms with Crippen molar-refractivity contribution >= 4 is 33.2 Å². The molecule has 2 aromatic rings. The highest BCUT2D eigenvalue weighted by atomic mass is 79.9. The molecule has 0 spiro atoms. The molecule has 3 nitrogen and oxygen atoms in total. The van der Waals surface area contributed by atoms with Crippen LogP contribution in [0.4, 0.5) is 20.2 Å². The van der Waals surface area contributed by atoms with Crippen molar-refractivity contribution in [3.63, 3.8) is 0 Å². The van der Waals surface area contributed by atoms with Crippen LogP contribution >= 0.6 is 15.9 Å². The molecule has 2 aromatic carbocycles. The first-order chi connectivity index (χ1) is 9.54. The number of hydrogen-bond donors (Lipinski definition) is 2. The minimum atomic E-state index is -0.632. The lowest BCUT2D eigenvalue weighted by Crippen LogP contribution is -2.19. The predicted molar refractivity (Wildman–Crippen MR) is 75.5 cm³/mol. The van der Waals surface area contributed by atoms with Crippen molar-refractivity contribution in [2.45, 2.75) is 6.04 Å². The zero-order chi connectivity index (χ0) is 14.3. The SMILES string of the molecule is O=C1Nc2cc(F)ccc2C1Nc1ccc(F)cc1Br. The molecule has 0 aromatic heterocycles. The summed E-state index contributed by atoms with van der Waals surface area (Å²) in [7, 11) is 0. The van der Waals surface area contributed by atoms with Gasteiger partial charge in [-0.3, -0.25) is 4.79 Å². The molecule has 20 heavy (non-hydrogen) atoms. The Kier molecular flexibility index (Phi) is 3.17. The summed E-state index contributed by atoms with van der Waals surface area (Å²) in [6, 6.07) is 7.63. The van der Waals surface area contributed by atoms with Crippen LogP contribution in [0.2, 0.25) is 0 Å². The molecule has 3 rings (SSSR count). The number of amides is 1. The number of rotatable bonds is 2. The van der Waals surface area contributed by atoms with Gasteiger partial charge in [0, 0.05) is 21.4 Å². The van der Waals surface area contributed by atoms with Gasteiger partial charge in [-0.1, -0.05) is 6.07 Å². The molecular weight excluding hydrogens is 330 g/mol. The standard InChI is InChI=1S/C14H9BrF2N2O/c15-10-5-7(16)2-4-11(10)18-13-9-3-1-8(17)6-12(9)19-14(13)20/h1-6,13,18H,(H,19,20). The van der Waals surface area contributed by atoms with E-state index in [2.05, 4.69) is 26.6 Å². The van der Waals surface area contributed by atoms with Crippen LogP contribution < -0.4 is 10.6 Å². The van der Waals surface area contributed by atoms with Crippen LogP contribution in [-0.2, 0) is 4.79 Å². The van der Waals surface area contributed by atoms with Crippen molar-refractivity contribution in [3.05, 3.63) is 58.1 Å². The van der Waals surface area contributed by atoms with Gasteiger partial charge < -0.3 is 10.6 Å². The van der Waals surface area contributed by atoms with E-state index < -0.39 is 11.9 Å². The van der Waals surface area contributed by atoms with E-state index in [1.54, 1.807) is 6.07 Å². The summed E-state index contributed by atoms with van der Waals surface area (Å²) in [6.45, 7) is 0. The van der Waals surface area contributed by atoms with Gasteiger partial charge in [0.15, 0.2) is 0 Å². The Bertz CT molecular complexity index is 706. The molecule has 0 bridgehead atoms. The van der Waals surface area contributed by atoms with Crippen LogP contribution in [0.15, 0.2) is 40.9 Å². The fraction of sp³-hybridized carbons (Fsp3) is 0.0714. The quantitative estimate of drug-likeness (QED) is 0.873. The van der Waals surface area contributed by atoms with Gasteiger partial charge in [-0.25, -0.2) is 8.78 Å². The summed E-state index contributed by atoms with van der Waals surface area (Å²) in [5.74, 6) is -1.06. The topological polar surface area (TPSA) is 41.1 Å². The maximum atomic E-state index is 13.1. The van der Waals surface area contributed by atoms with Crippen LogP contribution in [0.1, 0.15) is 11.6 Å². The minimum absolute atomic E-state index is 0.276. The molecule has 2 N–H and O–H groups in total. The van der Waals surface area contributed by atoms with Crippen molar-refractivity contribution in [1.29, 1.82) is 0 Å². The normalized spacial score (nSPS) is 16.8. The molecule has 0 saturated heterocycles. The predicted octanol–water partition coefficient (Wildman–Crippen LogP) is 3.83. The number of fused-ring (bicyclic) bond motifs is 1. The van der Waals surface area contributed by atoms with Gasteiger partial charge in [0.05, 0.1) is 0 Å². The third-order valence-corrected chi connectivity index (χ3v) is 3.73. The molecule has 0 aliphatic carbocycles. The van der Waals surface area contributed by atoms with E-state index >= 15 is 0 Å². The Morgan fingerprint density at radius 1 is 1.10 bits per heavy atom. The van der Waals surface area contributed by atoms with Crippen LogP contribution in [-0.4, -0.2) is 5.91 Å². The minimum Gasteiger partial charge on any atom is -0.369 e. The Hall–Kier alpha value is -1.95. The first kappa shape index (κ1) is 13.1. The van der Waals surface area contributed by atoms with Gasteiger partial charge in [0.1, 0.15) is 17.7 Å². The Morgan fingerprint density at radius 3 is 2.55 bits per heavy atom. The largest absolute Gasteiger partial charge is 0.369 e. The smallest absolute Gasteiger partial charge is 0.251 e. The Labute approximate surface area is 122 Å². The summed E-state index contributed by atoms with van der Waals surface area (Å²) >= 11 is 3.23. The van der Waals surface area contributed by atoms with Gasteiger partial charge in [-0.05, 0) is 46.3 Å². The fourth-order valence-corrected chi connectivity index (χ4v) is 2.61. The highest BCUT2D eigenvalue weighted by Gasteiger charge is 2.31. The summed E-state index contributed by atoms with van der Waals surface area (Å²) in [4.78, 5) is 11.9. The molecule has 1 atom stereocenters. The second kappa shape index (κ2) is 4.86. The molecule has 0 saturated carbocycles. The molecule has 1 amide bonds. The number of benzene rings is 2. The van der Waals surface area contributed by atoms with E-state index in [0.717, 1.165) is 0 Å². The summed E-state index contributed by atoms with van der Waals surface area (Å²) in [5, 5.41) is 5.62. The molecule has 1 aliphatic heterocycles. The first-order valence-corrected chi connectivity index (χ1v) is 6.66. The molecule has 1 unspecified atom stereocenters. The maximum absolute atomic E-state index is 13.1. The van der Waals surface area contributed by atoms with E-state index in [9.17, 15) is 13.6 Å². The average Bonchev–Trinajstić information content (AvgIpc) is 2.68. The van der Waals surface area contributed by atoms with Crippen molar-refractivity contribution in [1.82, 2.24) is 0 Å². The number of anilines is 2. The van der Waals surface area contributed by atoms with Crippen molar-refractivity contribution < 1.29 is 13.6 Å². The highest BCUT2D eigenvalue weighted by molar-refractivity contribution is 9.10. The van der Waals surface area contributed by atoms with Crippen LogP contribution in [0.5, 0.6) is 0 Å². The second-order valence-electron chi connectivity index (χ2n) is 4.42. The third kappa shape index (κ3) is 2.27. The van der Waals surface area contributed by atoms with E-state index in [1.165, 1.54) is 30.3 Å². The zero-order valence-corrected chi connectivity index (χ0v) is 11.7. The lowest BCUT2D eigenvalue weighted by molar-refractivity contribution is -0.116. The number of nitrogens with one attached hydrogen (secondary N) is 2. The number of halogens is 3. The number of hydrogen-bond acceptors (Lipinski definition) is 2. The van der Waals surface area contributed by atoms with E-state index in [1.807, 2.05) is 0 Å². The number of carbonyl (C=O) groups is 1. The summed E-state index contributed by atoms with van der Waals surface area (Å²) < 4.78 is 26.7. The summed E-state index contributed by atoms with van der Waals surface area (Å²) in [6.07, 6.45) is 0. The van der Waals surface area contributed by atoms with Gasteiger partial charge in [0.2, 0.25) is 0 Å². The fourth-order valence-electron chi connectivity index (χ4n) is 2.14. The third-order valence-electron chi connectivity index (χ3n) is 3.08. The molecule has 102 valence electrons. The van der Waals surface area contributed by atoms with Crippen molar-refractivity contribution in [3.8, 4) is 0 Å². The lowest BCUT2D eigenvalue weighted by atomic mass is 10.1. The van der Waals surface area contributed by atoms with Gasteiger partial charge in [0.25, 0.3) is 5.91 Å². The molecule has 1 heterocycles. The number of carbonyl (C=O) groups excluding carboxylic acids is 1. The average molecular weight is 339 g/mol. The van der Waals surface area contributed by atoms with Crippen LogP contribution in [0.3, 0.4) is 0 Å². The Balaban J connectivity index is 1.94. The van der Waals surface area contributed by atoms with E-state index in [4.69, 9.17) is 0 Å². The van der Waals surface area contributed by atoms with Crippen LogP contribution in [0, 0.1) is 11.6 Å². The second-order valence-corrected chi connectivity index (χ2v) is 5.28. The lowest BCUT2D eigenvalue weighted by Gasteiger charge is -2.14. The summed E-state index contributed by atoms with van der Waals surface area (Å²) in [5.41, 5.74) is 1.70.